The number of nitriles is 1. The summed E-state index contributed by atoms with van der Waals surface area (Å²) in [5.74, 6) is 0.297. The van der Waals surface area contributed by atoms with Gasteiger partial charge in [0.1, 0.15) is 17.4 Å². The van der Waals surface area contributed by atoms with Gasteiger partial charge in [0.25, 0.3) is 5.91 Å². The minimum absolute atomic E-state index is 0.0136. The molecule has 0 aliphatic carbocycles. The molecule has 1 amide bonds. The van der Waals surface area contributed by atoms with E-state index in [2.05, 4.69) is 10.6 Å². The molecule has 0 bridgehead atoms. The first-order valence-electron chi connectivity index (χ1n) is 8.12. The van der Waals surface area contributed by atoms with Crippen LogP contribution in [0.2, 0.25) is 0 Å². The van der Waals surface area contributed by atoms with E-state index in [4.69, 9.17) is 19.5 Å². The molecule has 1 aromatic rings. The monoisotopic (exact) mass is 347 g/mol. The van der Waals surface area contributed by atoms with E-state index in [1.165, 1.54) is 6.20 Å². The summed E-state index contributed by atoms with van der Waals surface area (Å²) in [6.07, 6.45) is 0.947. The first kappa shape index (κ1) is 20.5. The molecule has 0 unspecified atom stereocenters. The number of methoxy groups -OCH3 is 1. The number of carbonyl (C=O) groups is 1. The van der Waals surface area contributed by atoms with Crippen LogP contribution in [0.15, 0.2) is 36.0 Å². The first-order valence-corrected chi connectivity index (χ1v) is 8.12. The highest BCUT2D eigenvalue weighted by molar-refractivity contribution is 5.97. The molecule has 1 rings (SSSR count). The Hall–Kier alpha value is -2.56. The molecular formula is C18H25N3O4. The maximum Gasteiger partial charge on any atom is 0.263 e. The van der Waals surface area contributed by atoms with Gasteiger partial charge in [-0.1, -0.05) is 12.1 Å². The van der Waals surface area contributed by atoms with Crippen LogP contribution in [0.3, 0.4) is 0 Å². The van der Waals surface area contributed by atoms with E-state index in [0.29, 0.717) is 26.3 Å². The largest absolute Gasteiger partial charge is 0.497 e. The van der Waals surface area contributed by atoms with Gasteiger partial charge in [0.2, 0.25) is 0 Å². The Labute approximate surface area is 148 Å². The third-order valence-electron chi connectivity index (χ3n) is 3.21. The molecular weight excluding hydrogens is 322 g/mol. The third kappa shape index (κ3) is 7.70. The van der Waals surface area contributed by atoms with Gasteiger partial charge in [-0.25, -0.2) is 0 Å². The Morgan fingerprint density at radius 1 is 1.24 bits per heavy atom. The lowest BCUT2D eigenvalue weighted by Crippen LogP contribution is -2.30. The zero-order chi connectivity index (χ0) is 18.5. The molecule has 0 aliphatic rings. The number of benzene rings is 1. The number of nitrogens with one attached hydrogen (secondary N) is 2. The van der Waals surface area contributed by atoms with Gasteiger partial charge in [-0.05, 0) is 31.5 Å². The van der Waals surface area contributed by atoms with Crippen molar-refractivity contribution < 1.29 is 19.0 Å². The summed E-state index contributed by atoms with van der Waals surface area (Å²) >= 11 is 0. The van der Waals surface area contributed by atoms with E-state index < -0.39 is 12.2 Å². The van der Waals surface area contributed by atoms with E-state index in [1.54, 1.807) is 7.11 Å². The lowest BCUT2D eigenvalue weighted by molar-refractivity contribution is -0.131. The van der Waals surface area contributed by atoms with Gasteiger partial charge in [-0.3, -0.25) is 4.79 Å². The molecule has 1 aromatic carbocycles. The lowest BCUT2D eigenvalue weighted by atomic mass is 10.2. The van der Waals surface area contributed by atoms with Crippen LogP contribution < -0.4 is 15.4 Å². The normalized spacial score (nSPS) is 11.1. The van der Waals surface area contributed by atoms with Crippen LogP contribution in [-0.2, 0) is 20.8 Å². The minimum atomic E-state index is -0.449. The molecule has 2 N–H and O–H groups in total. The Morgan fingerprint density at radius 3 is 2.40 bits per heavy atom. The van der Waals surface area contributed by atoms with Crippen molar-refractivity contribution in [3.63, 3.8) is 0 Å². The van der Waals surface area contributed by atoms with E-state index in [9.17, 15) is 4.79 Å². The number of ether oxygens (including phenoxy) is 3. The Balaban J connectivity index is 2.50. The van der Waals surface area contributed by atoms with Crippen LogP contribution in [0.5, 0.6) is 5.75 Å². The Bertz CT molecular complexity index is 587. The van der Waals surface area contributed by atoms with Crippen LogP contribution >= 0.6 is 0 Å². The molecule has 0 atom stereocenters. The van der Waals surface area contributed by atoms with Crippen molar-refractivity contribution in [3.8, 4) is 11.8 Å². The standard InChI is InChI=1S/C18H25N3O4/c1-4-24-17(25-5-2)13-20-12-15(10-19)18(22)21-11-14-6-8-16(23-3)9-7-14/h6-9,12,17,20H,4-5,11,13H2,1-3H3,(H,21,22)/b15-12-. The van der Waals surface area contributed by atoms with Gasteiger partial charge in [0.15, 0.2) is 6.29 Å². The highest BCUT2D eigenvalue weighted by Gasteiger charge is 2.10. The molecule has 0 heterocycles. The summed E-state index contributed by atoms with van der Waals surface area (Å²) in [5.41, 5.74) is 0.896. The molecule has 25 heavy (non-hydrogen) atoms. The molecule has 0 fully saturated rings. The summed E-state index contributed by atoms with van der Waals surface area (Å²) in [4.78, 5) is 12.1. The Morgan fingerprint density at radius 2 is 1.88 bits per heavy atom. The summed E-state index contributed by atoms with van der Waals surface area (Å²) in [6, 6.07) is 9.20. The maximum absolute atomic E-state index is 12.1. The molecule has 0 saturated carbocycles. The van der Waals surface area contributed by atoms with E-state index in [1.807, 2.05) is 44.2 Å². The SMILES string of the molecule is CCOC(CN/C=C(/C#N)C(=O)NCc1ccc(OC)cc1)OCC. The fourth-order valence-electron chi connectivity index (χ4n) is 1.96. The zero-order valence-corrected chi connectivity index (χ0v) is 14.9. The predicted molar refractivity (Wildman–Crippen MR) is 93.6 cm³/mol. The molecule has 0 saturated heterocycles. The second kappa shape index (κ2) is 11.9. The second-order valence-electron chi connectivity index (χ2n) is 4.95. The Kier molecular flexibility index (Phi) is 9.75. The van der Waals surface area contributed by atoms with Crippen LogP contribution in [0.1, 0.15) is 19.4 Å². The topological polar surface area (TPSA) is 92.6 Å². The van der Waals surface area contributed by atoms with Crippen LogP contribution in [0.4, 0.5) is 0 Å². The van der Waals surface area contributed by atoms with E-state index in [-0.39, 0.29) is 5.57 Å². The summed E-state index contributed by atoms with van der Waals surface area (Å²) in [6.45, 7) is 5.44. The highest BCUT2D eigenvalue weighted by atomic mass is 16.7. The van der Waals surface area contributed by atoms with E-state index >= 15 is 0 Å². The van der Waals surface area contributed by atoms with Gasteiger partial charge in [-0.15, -0.1) is 0 Å². The molecule has 0 aromatic heterocycles. The fourth-order valence-corrected chi connectivity index (χ4v) is 1.96. The molecule has 0 radical (unpaired) electrons. The van der Waals surface area contributed by atoms with Crippen molar-refractivity contribution in [2.75, 3.05) is 26.9 Å². The fraction of sp³-hybridized carbons (Fsp3) is 0.444. The van der Waals surface area contributed by atoms with E-state index in [0.717, 1.165) is 11.3 Å². The van der Waals surface area contributed by atoms with Gasteiger partial charge < -0.3 is 24.8 Å². The molecule has 7 nitrogen and oxygen atoms in total. The van der Waals surface area contributed by atoms with Crippen molar-refractivity contribution in [1.29, 1.82) is 5.26 Å². The smallest absolute Gasteiger partial charge is 0.263 e. The van der Waals surface area contributed by atoms with Gasteiger partial charge in [0, 0.05) is 26.0 Å². The first-order chi connectivity index (χ1) is 12.1. The van der Waals surface area contributed by atoms with Crippen LogP contribution in [-0.4, -0.2) is 39.1 Å². The number of amides is 1. The van der Waals surface area contributed by atoms with Crippen molar-refractivity contribution in [2.24, 2.45) is 0 Å². The van der Waals surface area contributed by atoms with Crippen molar-refractivity contribution in [2.45, 2.75) is 26.7 Å². The molecule has 0 aliphatic heterocycles. The number of carbonyl (C=O) groups excluding carboxylic acids is 1. The van der Waals surface area contributed by atoms with Crippen molar-refractivity contribution in [1.82, 2.24) is 10.6 Å². The van der Waals surface area contributed by atoms with Crippen LogP contribution in [0, 0.1) is 11.3 Å². The number of rotatable bonds is 11. The molecule has 0 spiro atoms. The highest BCUT2D eigenvalue weighted by Crippen LogP contribution is 2.11. The van der Waals surface area contributed by atoms with Gasteiger partial charge >= 0.3 is 0 Å². The number of hydrogen-bond acceptors (Lipinski definition) is 6. The van der Waals surface area contributed by atoms with Gasteiger partial charge in [-0.2, -0.15) is 5.26 Å². The average molecular weight is 347 g/mol. The summed E-state index contributed by atoms with van der Waals surface area (Å²) in [5, 5.41) is 14.7. The summed E-state index contributed by atoms with van der Waals surface area (Å²) in [7, 11) is 1.59. The van der Waals surface area contributed by atoms with Crippen molar-refractivity contribution >= 4 is 5.91 Å². The minimum Gasteiger partial charge on any atom is -0.497 e. The molecule has 7 heteroatoms. The quantitative estimate of drug-likeness (QED) is 0.360. The second-order valence-corrected chi connectivity index (χ2v) is 4.95. The lowest BCUT2D eigenvalue weighted by Gasteiger charge is -2.16. The molecule has 136 valence electrons. The van der Waals surface area contributed by atoms with Gasteiger partial charge in [0.05, 0.1) is 13.7 Å². The zero-order valence-electron chi connectivity index (χ0n) is 14.9. The van der Waals surface area contributed by atoms with Crippen LogP contribution in [0.25, 0.3) is 0 Å². The number of hydrogen-bond donors (Lipinski definition) is 2. The van der Waals surface area contributed by atoms with Crippen molar-refractivity contribution in [3.05, 3.63) is 41.6 Å². The average Bonchev–Trinajstić information content (AvgIpc) is 2.64. The maximum atomic E-state index is 12.1. The third-order valence-corrected chi connectivity index (χ3v) is 3.21. The number of nitrogens with zero attached hydrogens (tertiary/aromatic N) is 1. The predicted octanol–water partition coefficient (Wildman–Crippen LogP) is 1.71. The summed E-state index contributed by atoms with van der Waals surface area (Å²) < 4.78 is 15.8.